The average Bonchev–Trinajstić information content (AvgIpc) is 2.92. The summed E-state index contributed by atoms with van der Waals surface area (Å²) in [5, 5.41) is 10.3. The van der Waals surface area contributed by atoms with Crippen LogP contribution in [0, 0.1) is 11.8 Å². The molecule has 1 aromatic heterocycles. The van der Waals surface area contributed by atoms with Crippen LogP contribution in [0.25, 0.3) is 0 Å². The third kappa shape index (κ3) is 1.15. The van der Waals surface area contributed by atoms with E-state index in [1.165, 1.54) is 5.57 Å². The zero-order valence-corrected chi connectivity index (χ0v) is 9.26. The molecule has 0 aromatic carbocycles. The molecule has 1 N–H and O–H groups in total. The summed E-state index contributed by atoms with van der Waals surface area (Å²) in [6.45, 7) is 2.00. The van der Waals surface area contributed by atoms with Crippen molar-refractivity contribution in [2.24, 2.45) is 11.8 Å². The Labute approximate surface area is 94.4 Å². The molecule has 2 aliphatic rings. The van der Waals surface area contributed by atoms with Crippen molar-refractivity contribution in [1.82, 2.24) is 4.57 Å². The Morgan fingerprint density at radius 3 is 3.06 bits per heavy atom. The number of allylic oxidation sites excluding steroid dienone is 2. The average molecular weight is 217 g/mol. The van der Waals surface area contributed by atoms with Gasteiger partial charge in [-0.3, -0.25) is 9.36 Å². The predicted molar refractivity (Wildman–Crippen MR) is 60.0 cm³/mol. The Hall–Kier alpha value is -1.35. The zero-order valence-electron chi connectivity index (χ0n) is 9.26. The van der Waals surface area contributed by atoms with Crippen LogP contribution in [0.2, 0.25) is 0 Å². The first-order valence-corrected chi connectivity index (χ1v) is 5.76. The van der Waals surface area contributed by atoms with Gasteiger partial charge in [0.15, 0.2) is 0 Å². The number of hydrogen-bond acceptors (Lipinski definition) is 2. The molecular formula is C13H15NO2. The van der Waals surface area contributed by atoms with Gasteiger partial charge in [-0.15, -0.1) is 0 Å². The van der Waals surface area contributed by atoms with Gasteiger partial charge in [0.1, 0.15) is 0 Å². The van der Waals surface area contributed by atoms with E-state index < -0.39 is 6.10 Å². The number of rotatable bonds is 0. The largest absolute Gasteiger partial charge is 0.387 e. The highest BCUT2D eigenvalue weighted by Gasteiger charge is 2.45. The molecule has 1 fully saturated rings. The molecule has 1 aromatic rings. The van der Waals surface area contributed by atoms with Crippen LogP contribution in [0.15, 0.2) is 30.0 Å². The van der Waals surface area contributed by atoms with Gasteiger partial charge < -0.3 is 5.11 Å². The van der Waals surface area contributed by atoms with Crippen molar-refractivity contribution in [2.45, 2.75) is 25.9 Å². The van der Waals surface area contributed by atoms with Crippen molar-refractivity contribution in [1.29, 1.82) is 0 Å². The van der Waals surface area contributed by atoms with Crippen molar-refractivity contribution >= 4 is 5.91 Å². The zero-order chi connectivity index (χ0) is 11.3. The third-order valence-electron chi connectivity index (χ3n) is 3.95. The summed E-state index contributed by atoms with van der Waals surface area (Å²) in [5.41, 5.74) is 2.05. The maximum Gasteiger partial charge on any atom is 0.234 e. The smallest absolute Gasteiger partial charge is 0.234 e. The number of hydrogen-bond donors (Lipinski definition) is 1. The highest BCUT2D eigenvalue weighted by molar-refractivity contribution is 5.84. The van der Waals surface area contributed by atoms with Gasteiger partial charge >= 0.3 is 0 Å². The van der Waals surface area contributed by atoms with Crippen LogP contribution in [-0.2, 0) is 0 Å². The van der Waals surface area contributed by atoms with E-state index in [9.17, 15) is 9.90 Å². The molecule has 3 rings (SSSR count). The summed E-state index contributed by atoms with van der Waals surface area (Å²) in [7, 11) is 0. The number of fused-ring (bicyclic) bond motifs is 2. The number of aliphatic hydroxyl groups is 1. The lowest BCUT2D eigenvalue weighted by Crippen LogP contribution is -2.35. The topological polar surface area (TPSA) is 42.2 Å². The molecule has 0 spiro atoms. The van der Waals surface area contributed by atoms with E-state index in [4.69, 9.17) is 0 Å². The number of aliphatic hydroxyl groups excluding tert-OH is 1. The minimum absolute atomic E-state index is 0.0268. The van der Waals surface area contributed by atoms with Crippen LogP contribution in [0.1, 0.15) is 36.4 Å². The second kappa shape index (κ2) is 3.32. The molecule has 3 nitrogen and oxygen atoms in total. The predicted octanol–water partition coefficient (Wildman–Crippen LogP) is 2.15. The standard InChI is InChI=1S/C13H15NO2/c1-2-8-6-9-10(7-8)13(16)14-5-3-4-11(14)12(9)15/h2-5,9-10,12,15H,6-7H2,1H3/b8-2+/t9?,10?,12-/m1/s1. The molecule has 2 unspecified atom stereocenters. The van der Waals surface area contributed by atoms with Gasteiger partial charge in [-0.25, -0.2) is 0 Å². The van der Waals surface area contributed by atoms with E-state index in [-0.39, 0.29) is 17.7 Å². The minimum atomic E-state index is -0.491. The summed E-state index contributed by atoms with van der Waals surface area (Å²) >= 11 is 0. The maximum absolute atomic E-state index is 12.2. The van der Waals surface area contributed by atoms with Crippen molar-refractivity contribution in [3.05, 3.63) is 35.7 Å². The first-order chi connectivity index (χ1) is 7.72. The Kier molecular flexibility index (Phi) is 2.04. The molecule has 1 aliphatic carbocycles. The molecule has 1 saturated carbocycles. The van der Waals surface area contributed by atoms with Crippen LogP contribution in [0.4, 0.5) is 0 Å². The molecule has 2 heterocycles. The van der Waals surface area contributed by atoms with Gasteiger partial charge in [-0.05, 0) is 31.9 Å². The monoisotopic (exact) mass is 217 g/mol. The quantitative estimate of drug-likeness (QED) is 0.676. The van der Waals surface area contributed by atoms with Gasteiger partial charge in [0.25, 0.3) is 0 Å². The Morgan fingerprint density at radius 2 is 2.31 bits per heavy atom. The lowest BCUT2D eigenvalue weighted by atomic mass is 9.85. The molecule has 0 radical (unpaired) electrons. The fourth-order valence-electron chi connectivity index (χ4n) is 3.03. The molecular weight excluding hydrogens is 202 g/mol. The molecule has 0 bridgehead atoms. The first-order valence-electron chi connectivity index (χ1n) is 5.76. The first kappa shape index (κ1) is 9.85. The van der Waals surface area contributed by atoms with Crippen molar-refractivity contribution < 1.29 is 9.90 Å². The van der Waals surface area contributed by atoms with E-state index in [1.54, 1.807) is 10.8 Å². The van der Waals surface area contributed by atoms with Crippen molar-refractivity contribution in [2.75, 3.05) is 0 Å². The molecule has 84 valence electrons. The normalized spacial score (nSPS) is 35.2. The van der Waals surface area contributed by atoms with Gasteiger partial charge in [0, 0.05) is 18.0 Å². The fraction of sp³-hybridized carbons (Fsp3) is 0.462. The summed E-state index contributed by atoms with van der Waals surface area (Å²) in [6.07, 6.45) is 5.02. The summed E-state index contributed by atoms with van der Waals surface area (Å²) in [6, 6.07) is 3.67. The minimum Gasteiger partial charge on any atom is -0.387 e. The Morgan fingerprint density at radius 1 is 1.50 bits per heavy atom. The molecule has 16 heavy (non-hydrogen) atoms. The molecule has 0 saturated heterocycles. The number of aromatic nitrogens is 1. The van der Waals surface area contributed by atoms with E-state index in [2.05, 4.69) is 6.08 Å². The van der Waals surface area contributed by atoms with E-state index in [1.807, 2.05) is 19.1 Å². The molecule has 1 aliphatic heterocycles. The molecule has 3 atom stereocenters. The van der Waals surface area contributed by atoms with E-state index in [0.717, 1.165) is 18.5 Å². The summed E-state index contributed by atoms with van der Waals surface area (Å²) in [5.74, 6) is 0.203. The van der Waals surface area contributed by atoms with Crippen LogP contribution in [0.5, 0.6) is 0 Å². The lowest BCUT2D eigenvalue weighted by Gasteiger charge is -2.30. The van der Waals surface area contributed by atoms with E-state index in [0.29, 0.717) is 0 Å². The summed E-state index contributed by atoms with van der Waals surface area (Å²) in [4.78, 5) is 12.2. The second-order valence-corrected chi connectivity index (χ2v) is 4.71. The third-order valence-corrected chi connectivity index (χ3v) is 3.95. The van der Waals surface area contributed by atoms with Gasteiger partial charge in [-0.1, -0.05) is 11.6 Å². The number of carbonyl (C=O) groups is 1. The van der Waals surface area contributed by atoms with Crippen molar-refractivity contribution in [3.63, 3.8) is 0 Å². The SMILES string of the molecule is C/C=C1/CC2C(=O)n3cccc3[C@H](O)C2C1. The fourth-order valence-corrected chi connectivity index (χ4v) is 3.03. The van der Waals surface area contributed by atoms with Gasteiger partial charge in [-0.2, -0.15) is 0 Å². The number of carbonyl (C=O) groups excluding carboxylic acids is 1. The van der Waals surface area contributed by atoms with Crippen LogP contribution >= 0.6 is 0 Å². The van der Waals surface area contributed by atoms with Gasteiger partial charge in [0.05, 0.1) is 11.8 Å². The van der Waals surface area contributed by atoms with Crippen LogP contribution in [-0.4, -0.2) is 15.6 Å². The van der Waals surface area contributed by atoms with Crippen LogP contribution < -0.4 is 0 Å². The maximum atomic E-state index is 12.2. The summed E-state index contributed by atoms with van der Waals surface area (Å²) < 4.78 is 1.62. The van der Waals surface area contributed by atoms with E-state index >= 15 is 0 Å². The van der Waals surface area contributed by atoms with Gasteiger partial charge in [0.2, 0.25) is 5.91 Å². The second-order valence-electron chi connectivity index (χ2n) is 4.71. The molecule has 0 amide bonds. The number of nitrogens with zero attached hydrogens (tertiary/aromatic N) is 1. The molecule has 3 heteroatoms. The van der Waals surface area contributed by atoms with Crippen molar-refractivity contribution in [3.8, 4) is 0 Å². The lowest BCUT2D eigenvalue weighted by molar-refractivity contribution is 0.0415. The highest BCUT2D eigenvalue weighted by atomic mass is 16.3. The Balaban J connectivity index is 2.06. The Bertz CT molecular complexity index is 472. The highest BCUT2D eigenvalue weighted by Crippen LogP contribution is 2.46. The van der Waals surface area contributed by atoms with Crippen LogP contribution in [0.3, 0.4) is 0 Å².